The van der Waals surface area contributed by atoms with Gasteiger partial charge in [-0.1, -0.05) is 20.8 Å². The Kier molecular flexibility index (Phi) is 2.14. The topological polar surface area (TPSA) is 53.1 Å². The molecule has 2 rings (SSSR count). The molecule has 0 spiro atoms. The number of aromatic carboxylic acids is 1. The van der Waals surface area contributed by atoms with Gasteiger partial charge >= 0.3 is 5.97 Å². The third-order valence-corrected chi connectivity index (χ3v) is 3.01. The summed E-state index contributed by atoms with van der Waals surface area (Å²) in [5, 5.41) is 9.26. The number of H-pyrrole nitrogens is 1. The quantitative estimate of drug-likeness (QED) is 0.743. The molecule has 0 atom stereocenters. The maximum atomic E-state index is 11.3. The molecule has 15 heavy (non-hydrogen) atoms. The molecule has 0 aliphatic heterocycles. The van der Waals surface area contributed by atoms with Crippen LogP contribution in [0.5, 0.6) is 0 Å². The van der Waals surface area contributed by atoms with Crippen molar-refractivity contribution in [3.63, 3.8) is 0 Å². The Hall–Kier alpha value is -1.25. The number of carboxylic acid groups (broad SMARTS) is 1. The zero-order chi connectivity index (χ0) is 11.2. The van der Waals surface area contributed by atoms with Gasteiger partial charge in [-0.15, -0.1) is 0 Å². The summed E-state index contributed by atoms with van der Waals surface area (Å²) in [7, 11) is 0. The molecule has 3 heteroatoms. The van der Waals surface area contributed by atoms with Crippen molar-refractivity contribution in [2.75, 3.05) is 0 Å². The minimum atomic E-state index is -0.792. The van der Waals surface area contributed by atoms with E-state index in [-0.39, 0.29) is 5.41 Å². The Bertz CT molecular complexity index is 410. The number of hydrogen-bond acceptors (Lipinski definition) is 1. The normalized spacial score (nSPS) is 15.4. The highest BCUT2D eigenvalue weighted by atomic mass is 16.4. The van der Waals surface area contributed by atoms with E-state index in [0.717, 1.165) is 36.2 Å². The van der Waals surface area contributed by atoms with Gasteiger partial charge in [-0.25, -0.2) is 4.79 Å². The first-order valence-corrected chi connectivity index (χ1v) is 5.38. The molecular formula is C12H17NO2. The molecule has 0 radical (unpaired) electrons. The van der Waals surface area contributed by atoms with Crippen LogP contribution in [0.25, 0.3) is 0 Å². The molecule has 1 aromatic heterocycles. The number of aryl methyl sites for hydroxylation is 1. The Labute approximate surface area is 89.5 Å². The average Bonchev–Trinajstić information content (AvgIpc) is 2.56. The molecule has 82 valence electrons. The van der Waals surface area contributed by atoms with Crippen LogP contribution in [0.15, 0.2) is 0 Å². The first-order valence-electron chi connectivity index (χ1n) is 5.38. The van der Waals surface area contributed by atoms with Gasteiger partial charge in [0.25, 0.3) is 0 Å². The van der Waals surface area contributed by atoms with Gasteiger partial charge in [-0.3, -0.25) is 0 Å². The lowest BCUT2D eigenvalue weighted by Crippen LogP contribution is -2.17. The minimum absolute atomic E-state index is 0.127. The SMILES string of the molecule is CC(C)(C)c1[nH]c2c(c1C(=O)O)CCC2. The lowest BCUT2D eigenvalue weighted by molar-refractivity contribution is 0.0693. The first kappa shape index (κ1) is 10.3. The van der Waals surface area contributed by atoms with Crippen molar-refractivity contribution in [1.29, 1.82) is 0 Å². The number of carbonyl (C=O) groups is 1. The number of fused-ring (bicyclic) bond motifs is 1. The van der Waals surface area contributed by atoms with E-state index in [4.69, 9.17) is 0 Å². The number of aromatic nitrogens is 1. The standard InChI is InChI=1S/C12H17NO2/c1-12(2,3)10-9(11(14)15)7-5-4-6-8(7)13-10/h13H,4-6H2,1-3H3,(H,14,15). The third-order valence-electron chi connectivity index (χ3n) is 3.01. The van der Waals surface area contributed by atoms with Gasteiger partial charge in [0, 0.05) is 16.8 Å². The van der Waals surface area contributed by atoms with Gasteiger partial charge in [-0.05, 0) is 24.8 Å². The highest BCUT2D eigenvalue weighted by Gasteiger charge is 2.30. The molecule has 1 aliphatic carbocycles. The summed E-state index contributed by atoms with van der Waals surface area (Å²) in [5.74, 6) is -0.792. The molecule has 1 heterocycles. The lowest BCUT2D eigenvalue weighted by Gasteiger charge is -2.18. The van der Waals surface area contributed by atoms with Gasteiger partial charge in [-0.2, -0.15) is 0 Å². The van der Waals surface area contributed by atoms with Crippen LogP contribution >= 0.6 is 0 Å². The summed E-state index contributed by atoms with van der Waals surface area (Å²) in [6, 6.07) is 0. The summed E-state index contributed by atoms with van der Waals surface area (Å²) in [4.78, 5) is 14.6. The van der Waals surface area contributed by atoms with E-state index in [2.05, 4.69) is 4.98 Å². The zero-order valence-electron chi connectivity index (χ0n) is 9.48. The number of aromatic amines is 1. The van der Waals surface area contributed by atoms with Crippen LogP contribution in [0.2, 0.25) is 0 Å². The predicted molar refractivity (Wildman–Crippen MR) is 58.5 cm³/mol. The van der Waals surface area contributed by atoms with Crippen LogP contribution in [0.3, 0.4) is 0 Å². The van der Waals surface area contributed by atoms with Crippen molar-refractivity contribution in [2.45, 2.75) is 45.4 Å². The third kappa shape index (κ3) is 1.56. The largest absolute Gasteiger partial charge is 0.478 e. The maximum absolute atomic E-state index is 11.3. The molecule has 0 fully saturated rings. The molecule has 1 aliphatic rings. The van der Waals surface area contributed by atoms with Crippen molar-refractivity contribution >= 4 is 5.97 Å². The van der Waals surface area contributed by atoms with Crippen molar-refractivity contribution in [2.24, 2.45) is 0 Å². The monoisotopic (exact) mass is 207 g/mol. The summed E-state index contributed by atoms with van der Waals surface area (Å²) in [5.41, 5.74) is 3.44. The summed E-state index contributed by atoms with van der Waals surface area (Å²) < 4.78 is 0. The molecular weight excluding hydrogens is 190 g/mol. The van der Waals surface area contributed by atoms with Gasteiger partial charge < -0.3 is 10.1 Å². The predicted octanol–water partition coefficient (Wildman–Crippen LogP) is 2.50. The molecule has 0 saturated carbocycles. The molecule has 0 saturated heterocycles. The van der Waals surface area contributed by atoms with E-state index in [0.29, 0.717) is 5.56 Å². The van der Waals surface area contributed by atoms with Crippen LogP contribution in [0.1, 0.15) is 54.5 Å². The Morgan fingerprint density at radius 1 is 1.33 bits per heavy atom. The van der Waals surface area contributed by atoms with Crippen molar-refractivity contribution in [1.82, 2.24) is 4.98 Å². The van der Waals surface area contributed by atoms with Gasteiger partial charge in [0.15, 0.2) is 0 Å². The van der Waals surface area contributed by atoms with Crippen molar-refractivity contribution in [3.8, 4) is 0 Å². The van der Waals surface area contributed by atoms with E-state index in [1.807, 2.05) is 20.8 Å². The molecule has 0 bridgehead atoms. The van der Waals surface area contributed by atoms with Crippen molar-refractivity contribution < 1.29 is 9.90 Å². The summed E-state index contributed by atoms with van der Waals surface area (Å²) in [6.07, 6.45) is 2.97. The van der Waals surface area contributed by atoms with Crippen LogP contribution < -0.4 is 0 Å². The smallest absolute Gasteiger partial charge is 0.337 e. The summed E-state index contributed by atoms with van der Waals surface area (Å²) >= 11 is 0. The number of hydrogen-bond donors (Lipinski definition) is 2. The minimum Gasteiger partial charge on any atom is -0.478 e. The van der Waals surface area contributed by atoms with E-state index in [1.165, 1.54) is 0 Å². The van der Waals surface area contributed by atoms with Crippen LogP contribution in [-0.2, 0) is 18.3 Å². The Morgan fingerprint density at radius 3 is 2.53 bits per heavy atom. The number of rotatable bonds is 1. The van der Waals surface area contributed by atoms with Crippen molar-refractivity contribution in [3.05, 3.63) is 22.5 Å². The summed E-state index contributed by atoms with van der Waals surface area (Å²) in [6.45, 7) is 6.13. The first-order chi connectivity index (χ1) is 6.91. The van der Waals surface area contributed by atoms with Gasteiger partial charge in [0.1, 0.15) is 0 Å². The fourth-order valence-electron chi connectivity index (χ4n) is 2.32. The molecule has 0 unspecified atom stereocenters. The van der Waals surface area contributed by atoms with E-state index in [9.17, 15) is 9.90 Å². The molecule has 0 amide bonds. The molecule has 0 aromatic carbocycles. The fourth-order valence-corrected chi connectivity index (χ4v) is 2.32. The Morgan fingerprint density at radius 2 is 2.00 bits per heavy atom. The number of nitrogens with one attached hydrogen (secondary N) is 1. The van der Waals surface area contributed by atoms with E-state index < -0.39 is 5.97 Å². The van der Waals surface area contributed by atoms with Gasteiger partial charge in [0.05, 0.1) is 5.56 Å². The van der Waals surface area contributed by atoms with Gasteiger partial charge in [0.2, 0.25) is 0 Å². The second-order valence-electron chi connectivity index (χ2n) is 5.24. The maximum Gasteiger partial charge on any atom is 0.337 e. The molecule has 1 aromatic rings. The fraction of sp³-hybridized carbons (Fsp3) is 0.583. The second-order valence-corrected chi connectivity index (χ2v) is 5.24. The van der Waals surface area contributed by atoms with Crippen LogP contribution in [-0.4, -0.2) is 16.1 Å². The molecule has 2 N–H and O–H groups in total. The Balaban J connectivity index is 2.62. The van der Waals surface area contributed by atoms with Crippen LogP contribution in [0, 0.1) is 0 Å². The highest BCUT2D eigenvalue weighted by molar-refractivity contribution is 5.92. The number of carboxylic acids is 1. The highest BCUT2D eigenvalue weighted by Crippen LogP contribution is 2.33. The van der Waals surface area contributed by atoms with E-state index >= 15 is 0 Å². The molecule has 3 nitrogen and oxygen atoms in total. The second kappa shape index (κ2) is 3.12. The van der Waals surface area contributed by atoms with E-state index in [1.54, 1.807) is 0 Å². The van der Waals surface area contributed by atoms with Crippen LogP contribution in [0.4, 0.5) is 0 Å². The average molecular weight is 207 g/mol. The lowest BCUT2D eigenvalue weighted by atomic mass is 9.88. The zero-order valence-corrected chi connectivity index (χ0v) is 9.48.